The Hall–Kier alpha value is -3.29. The lowest BCUT2D eigenvalue weighted by Gasteiger charge is -2.12. The van der Waals surface area contributed by atoms with Crippen molar-refractivity contribution in [3.63, 3.8) is 0 Å². The Balaban J connectivity index is 1.49. The van der Waals surface area contributed by atoms with Gasteiger partial charge in [-0.15, -0.1) is 10.2 Å². The molecule has 0 saturated heterocycles. The Kier molecular flexibility index (Phi) is 7.09. The second kappa shape index (κ2) is 10.3. The average molecular weight is 464 g/mol. The lowest BCUT2D eigenvalue weighted by atomic mass is 10.2. The van der Waals surface area contributed by atoms with E-state index in [1.54, 1.807) is 0 Å². The van der Waals surface area contributed by atoms with E-state index in [-0.39, 0.29) is 11.7 Å². The topological polar surface area (TPSA) is 71.8 Å². The molecule has 0 radical (unpaired) electrons. The highest BCUT2D eigenvalue weighted by Crippen LogP contribution is 2.25. The fourth-order valence-corrected chi connectivity index (χ4v) is 4.06. The molecule has 0 aliphatic carbocycles. The highest BCUT2D eigenvalue weighted by molar-refractivity contribution is 7.99. The molecule has 0 unspecified atom stereocenters. The van der Waals surface area contributed by atoms with Gasteiger partial charge in [0, 0.05) is 11.4 Å². The van der Waals surface area contributed by atoms with Crippen LogP contribution in [0.3, 0.4) is 0 Å². The van der Waals surface area contributed by atoms with Gasteiger partial charge >= 0.3 is 0 Å². The van der Waals surface area contributed by atoms with Crippen molar-refractivity contribution in [3.05, 3.63) is 95.3 Å². The van der Waals surface area contributed by atoms with E-state index in [1.165, 1.54) is 11.8 Å². The summed E-state index contributed by atoms with van der Waals surface area (Å²) in [5.41, 5.74) is 3.67. The van der Waals surface area contributed by atoms with E-state index < -0.39 is 0 Å². The van der Waals surface area contributed by atoms with Crippen LogP contribution in [0, 0.1) is 6.92 Å². The van der Waals surface area contributed by atoms with Gasteiger partial charge < -0.3 is 10.6 Å². The summed E-state index contributed by atoms with van der Waals surface area (Å²) in [5, 5.41) is 16.2. The van der Waals surface area contributed by atoms with E-state index in [0.29, 0.717) is 16.7 Å². The van der Waals surface area contributed by atoms with Crippen molar-refractivity contribution in [2.45, 2.75) is 18.6 Å². The minimum Gasteiger partial charge on any atom is -0.377 e. The fourth-order valence-electron chi connectivity index (χ4n) is 3.09. The van der Waals surface area contributed by atoms with E-state index in [4.69, 9.17) is 11.6 Å². The largest absolute Gasteiger partial charge is 0.377 e. The normalized spacial score (nSPS) is 10.7. The van der Waals surface area contributed by atoms with Gasteiger partial charge in [0.1, 0.15) is 0 Å². The highest BCUT2D eigenvalue weighted by Gasteiger charge is 2.16. The summed E-state index contributed by atoms with van der Waals surface area (Å²) in [6.45, 7) is 2.44. The number of nitrogens with one attached hydrogen (secondary N) is 2. The number of rotatable bonds is 8. The number of aromatic nitrogens is 3. The van der Waals surface area contributed by atoms with Crippen molar-refractivity contribution in [1.29, 1.82) is 0 Å². The Morgan fingerprint density at radius 2 is 1.69 bits per heavy atom. The van der Waals surface area contributed by atoms with Crippen LogP contribution >= 0.6 is 23.4 Å². The van der Waals surface area contributed by atoms with Crippen molar-refractivity contribution >= 4 is 40.6 Å². The SMILES string of the molecule is Cc1ccc(NC(=O)CSc2nnc(CNc3ccccc3Cl)n2-c2ccccc2)cc1. The number of halogens is 1. The first-order valence-corrected chi connectivity index (χ1v) is 11.4. The van der Waals surface area contributed by atoms with Gasteiger partial charge in [0.25, 0.3) is 0 Å². The Bertz CT molecular complexity index is 1190. The van der Waals surface area contributed by atoms with E-state index in [1.807, 2.05) is 90.4 Å². The smallest absolute Gasteiger partial charge is 0.234 e. The summed E-state index contributed by atoms with van der Waals surface area (Å²) >= 11 is 7.60. The molecule has 0 atom stereocenters. The molecule has 0 aliphatic rings. The van der Waals surface area contributed by atoms with Crippen molar-refractivity contribution < 1.29 is 4.79 Å². The van der Waals surface area contributed by atoms with E-state index >= 15 is 0 Å². The number of amides is 1. The van der Waals surface area contributed by atoms with Gasteiger partial charge in [-0.3, -0.25) is 9.36 Å². The third-order valence-electron chi connectivity index (χ3n) is 4.69. The molecular formula is C24H22ClN5OS. The molecule has 162 valence electrons. The van der Waals surface area contributed by atoms with Crippen molar-refractivity contribution in [2.75, 3.05) is 16.4 Å². The number of anilines is 2. The van der Waals surface area contributed by atoms with E-state index in [9.17, 15) is 4.79 Å². The summed E-state index contributed by atoms with van der Waals surface area (Å²) in [4.78, 5) is 12.5. The van der Waals surface area contributed by atoms with Gasteiger partial charge in [-0.1, -0.05) is 71.4 Å². The van der Waals surface area contributed by atoms with Crippen LogP contribution in [-0.2, 0) is 11.3 Å². The number of hydrogen-bond donors (Lipinski definition) is 2. The Labute approximate surface area is 196 Å². The number of benzene rings is 3. The lowest BCUT2D eigenvalue weighted by Crippen LogP contribution is -2.15. The predicted molar refractivity (Wildman–Crippen MR) is 131 cm³/mol. The minimum absolute atomic E-state index is 0.0998. The molecule has 1 amide bonds. The molecule has 32 heavy (non-hydrogen) atoms. The van der Waals surface area contributed by atoms with Crippen LogP contribution in [-0.4, -0.2) is 26.4 Å². The molecule has 0 fully saturated rings. The quantitative estimate of drug-likeness (QED) is 0.334. The van der Waals surface area contributed by atoms with Crippen LogP contribution in [0.4, 0.5) is 11.4 Å². The summed E-state index contributed by atoms with van der Waals surface area (Å²) in [6.07, 6.45) is 0. The first-order chi connectivity index (χ1) is 15.6. The van der Waals surface area contributed by atoms with Gasteiger partial charge in [0.15, 0.2) is 11.0 Å². The zero-order valence-electron chi connectivity index (χ0n) is 17.5. The van der Waals surface area contributed by atoms with Gasteiger partial charge in [-0.2, -0.15) is 0 Å². The molecule has 8 heteroatoms. The number of aryl methyl sites for hydroxylation is 1. The molecule has 0 spiro atoms. The third kappa shape index (κ3) is 5.49. The first-order valence-electron chi connectivity index (χ1n) is 10.1. The summed E-state index contributed by atoms with van der Waals surface area (Å²) < 4.78 is 1.95. The second-order valence-corrected chi connectivity index (χ2v) is 8.46. The fraction of sp³-hybridized carbons (Fsp3) is 0.125. The minimum atomic E-state index is -0.0998. The standard InChI is InChI=1S/C24H22ClN5OS/c1-17-11-13-18(14-12-17)27-23(31)16-32-24-29-28-22(30(24)19-7-3-2-4-8-19)15-26-21-10-6-5-9-20(21)25/h2-14,26H,15-16H2,1H3,(H,27,31). The van der Waals surface area contributed by atoms with Crippen molar-refractivity contribution in [3.8, 4) is 5.69 Å². The number of carbonyl (C=O) groups is 1. The van der Waals surface area contributed by atoms with Crippen LogP contribution in [0.2, 0.25) is 5.02 Å². The molecule has 3 aromatic carbocycles. The van der Waals surface area contributed by atoms with E-state index in [0.717, 1.165) is 28.5 Å². The number of thioether (sulfide) groups is 1. The molecule has 6 nitrogen and oxygen atoms in total. The second-order valence-electron chi connectivity index (χ2n) is 7.11. The summed E-state index contributed by atoms with van der Waals surface area (Å²) in [5.74, 6) is 0.839. The highest BCUT2D eigenvalue weighted by atomic mass is 35.5. The molecule has 0 aliphatic heterocycles. The van der Waals surface area contributed by atoms with Crippen LogP contribution < -0.4 is 10.6 Å². The van der Waals surface area contributed by atoms with Gasteiger partial charge in [-0.05, 0) is 43.3 Å². The monoisotopic (exact) mass is 463 g/mol. The number of hydrogen-bond acceptors (Lipinski definition) is 5. The van der Waals surface area contributed by atoms with Crippen molar-refractivity contribution in [2.24, 2.45) is 0 Å². The van der Waals surface area contributed by atoms with E-state index in [2.05, 4.69) is 20.8 Å². The van der Waals surface area contributed by atoms with Crippen LogP contribution in [0.1, 0.15) is 11.4 Å². The van der Waals surface area contributed by atoms with Crippen molar-refractivity contribution in [1.82, 2.24) is 14.8 Å². The summed E-state index contributed by atoms with van der Waals surface area (Å²) in [7, 11) is 0. The lowest BCUT2D eigenvalue weighted by molar-refractivity contribution is -0.113. The zero-order chi connectivity index (χ0) is 22.3. The Morgan fingerprint density at radius 1 is 0.969 bits per heavy atom. The molecule has 1 heterocycles. The molecule has 4 aromatic rings. The molecule has 0 bridgehead atoms. The average Bonchev–Trinajstić information content (AvgIpc) is 3.22. The number of nitrogens with zero attached hydrogens (tertiary/aromatic N) is 3. The Morgan fingerprint density at radius 3 is 2.44 bits per heavy atom. The maximum Gasteiger partial charge on any atom is 0.234 e. The van der Waals surface area contributed by atoms with Gasteiger partial charge in [0.05, 0.1) is 23.0 Å². The maximum absolute atomic E-state index is 12.5. The van der Waals surface area contributed by atoms with Crippen LogP contribution in [0.5, 0.6) is 0 Å². The molecular weight excluding hydrogens is 442 g/mol. The molecule has 4 rings (SSSR count). The number of para-hydroxylation sites is 2. The summed E-state index contributed by atoms with van der Waals surface area (Å²) in [6, 6.07) is 25.1. The zero-order valence-corrected chi connectivity index (χ0v) is 19.0. The predicted octanol–water partition coefficient (Wildman–Crippen LogP) is 5.57. The third-order valence-corrected chi connectivity index (χ3v) is 5.95. The first kappa shape index (κ1) is 21.9. The van der Waals surface area contributed by atoms with Crippen LogP contribution in [0.15, 0.2) is 84.0 Å². The maximum atomic E-state index is 12.5. The van der Waals surface area contributed by atoms with Gasteiger partial charge in [-0.25, -0.2) is 0 Å². The molecule has 1 aromatic heterocycles. The molecule has 2 N–H and O–H groups in total. The van der Waals surface area contributed by atoms with Gasteiger partial charge in [0.2, 0.25) is 5.91 Å². The molecule has 0 saturated carbocycles. The van der Waals surface area contributed by atoms with Crippen LogP contribution in [0.25, 0.3) is 5.69 Å². The number of carbonyl (C=O) groups excluding carboxylic acids is 1.